The van der Waals surface area contributed by atoms with Gasteiger partial charge in [0.1, 0.15) is 0 Å². The first-order valence-electron chi connectivity index (χ1n) is 6.30. The number of hydrogen-bond donors (Lipinski definition) is 2. The van der Waals surface area contributed by atoms with Gasteiger partial charge in [-0.2, -0.15) is 0 Å². The van der Waals surface area contributed by atoms with E-state index in [9.17, 15) is 8.42 Å². The van der Waals surface area contributed by atoms with E-state index in [4.69, 9.17) is 0 Å². The van der Waals surface area contributed by atoms with E-state index in [0.717, 1.165) is 17.8 Å². The summed E-state index contributed by atoms with van der Waals surface area (Å²) in [6, 6.07) is 8.29. The molecule has 2 rings (SSSR count). The van der Waals surface area contributed by atoms with Gasteiger partial charge in [-0.15, -0.1) is 0 Å². The van der Waals surface area contributed by atoms with E-state index in [1.807, 2.05) is 6.92 Å². The summed E-state index contributed by atoms with van der Waals surface area (Å²) >= 11 is 0. The van der Waals surface area contributed by atoms with E-state index >= 15 is 0 Å². The molecule has 0 saturated carbocycles. The Morgan fingerprint density at radius 1 is 1.15 bits per heavy atom. The zero-order chi connectivity index (χ0) is 14.6. The van der Waals surface area contributed by atoms with Crippen molar-refractivity contribution in [3.8, 4) is 0 Å². The average molecular weight is 291 g/mol. The van der Waals surface area contributed by atoms with Gasteiger partial charge >= 0.3 is 0 Å². The lowest BCUT2D eigenvalue weighted by Crippen LogP contribution is -2.13. The molecule has 0 bridgehead atoms. The fourth-order valence-corrected chi connectivity index (χ4v) is 2.88. The van der Waals surface area contributed by atoms with Gasteiger partial charge in [-0.25, -0.2) is 8.42 Å². The Labute approximate surface area is 119 Å². The molecule has 0 atom stereocenters. The average Bonchev–Trinajstić information content (AvgIpc) is 2.42. The van der Waals surface area contributed by atoms with Crippen LogP contribution in [0, 0.1) is 6.92 Å². The predicted octanol–water partition coefficient (Wildman–Crippen LogP) is 2.62. The summed E-state index contributed by atoms with van der Waals surface area (Å²) in [6.07, 6.45) is 3.17. The van der Waals surface area contributed by atoms with Crippen LogP contribution in [0.3, 0.4) is 0 Å². The molecule has 5 nitrogen and oxygen atoms in total. The molecular formula is C14H17N3O2S. The summed E-state index contributed by atoms with van der Waals surface area (Å²) in [5, 5.41) is 3.12. The van der Waals surface area contributed by atoms with E-state index in [1.165, 1.54) is 0 Å². The predicted molar refractivity (Wildman–Crippen MR) is 80.4 cm³/mol. The van der Waals surface area contributed by atoms with Crippen LogP contribution in [0.1, 0.15) is 12.5 Å². The third kappa shape index (κ3) is 3.27. The summed E-state index contributed by atoms with van der Waals surface area (Å²) in [4.78, 5) is 4.17. The number of sulfonamides is 1. The molecular weight excluding hydrogens is 274 g/mol. The van der Waals surface area contributed by atoms with Crippen LogP contribution >= 0.6 is 0 Å². The maximum absolute atomic E-state index is 12.3. The van der Waals surface area contributed by atoms with Gasteiger partial charge in [0.25, 0.3) is 10.0 Å². The number of aromatic nitrogens is 1. The molecule has 1 heterocycles. The molecule has 0 amide bonds. The Kier molecular flexibility index (Phi) is 4.24. The number of pyridine rings is 1. The minimum Gasteiger partial charge on any atom is -0.385 e. The first-order chi connectivity index (χ1) is 9.53. The van der Waals surface area contributed by atoms with Crippen molar-refractivity contribution in [2.75, 3.05) is 16.6 Å². The second-order valence-corrected chi connectivity index (χ2v) is 6.03. The van der Waals surface area contributed by atoms with E-state index < -0.39 is 10.0 Å². The smallest absolute Gasteiger partial charge is 0.261 e. The molecule has 2 N–H and O–H groups in total. The third-order valence-corrected chi connectivity index (χ3v) is 4.19. The molecule has 0 saturated heterocycles. The van der Waals surface area contributed by atoms with Gasteiger partial charge in [-0.05, 0) is 49.7 Å². The summed E-state index contributed by atoms with van der Waals surface area (Å²) in [6.45, 7) is 4.58. The van der Waals surface area contributed by atoms with Gasteiger partial charge in [-0.3, -0.25) is 9.71 Å². The largest absolute Gasteiger partial charge is 0.385 e. The maximum Gasteiger partial charge on any atom is 0.261 e. The Morgan fingerprint density at radius 2 is 1.85 bits per heavy atom. The van der Waals surface area contributed by atoms with Gasteiger partial charge in [-0.1, -0.05) is 0 Å². The number of anilines is 2. The third-order valence-electron chi connectivity index (χ3n) is 2.81. The van der Waals surface area contributed by atoms with E-state index in [0.29, 0.717) is 5.69 Å². The zero-order valence-corrected chi connectivity index (χ0v) is 12.2. The lowest BCUT2D eigenvalue weighted by molar-refractivity contribution is 0.601. The molecule has 0 radical (unpaired) electrons. The van der Waals surface area contributed by atoms with Gasteiger partial charge < -0.3 is 5.32 Å². The van der Waals surface area contributed by atoms with Crippen molar-refractivity contribution >= 4 is 21.4 Å². The first-order valence-corrected chi connectivity index (χ1v) is 7.78. The quantitative estimate of drug-likeness (QED) is 0.888. The molecule has 106 valence electrons. The van der Waals surface area contributed by atoms with Crippen molar-refractivity contribution < 1.29 is 8.42 Å². The standard InChI is InChI=1S/C14H17N3O2S/c1-3-16-12-4-6-13(7-5-12)20(18,19)17-14-8-9-15-10-11(14)2/h4-10,16H,3H2,1-2H3,(H,15,17). The molecule has 0 aliphatic rings. The topological polar surface area (TPSA) is 71.1 Å². The summed E-state index contributed by atoms with van der Waals surface area (Å²) in [7, 11) is -3.57. The van der Waals surface area contributed by atoms with Crippen LogP contribution < -0.4 is 10.0 Å². The van der Waals surface area contributed by atoms with Crippen molar-refractivity contribution in [3.05, 3.63) is 48.3 Å². The van der Waals surface area contributed by atoms with Crippen LogP contribution in [0.2, 0.25) is 0 Å². The number of aryl methyl sites for hydroxylation is 1. The van der Waals surface area contributed by atoms with Crippen molar-refractivity contribution in [2.45, 2.75) is 18.7 Å². The molecule has 1 aromatic carbocycles. The first kappa shape index (κ1) is 14.3. The number of hydrogen-bond acceptors (Lipinski definition) is 4. The highest BCUT2D eigenvalue weighted by atomic mass is 32.2. The minimum atomic E-state index is -3.57. The Balaban J connectivity index is 2.24. The van der Waals surface area contributed by atoms with E-state index in [1.54, 1.807) is 49.6 Å². The molecule has 0 aliphatic heterocycles. The van der Waals surface area contributed by atoms with Gasteiger partial charge in [0.15, 0.2) is 0 Å². The second-order valence-electron chi connectivity index (χ2n) is 4.35. The Morgan fingerprint density at radius 3 is 2.45 bits per heavy atom. The number of nitrogens with one attached hydrogen (secondary N) is 2. The SMILES string of the molecule is CCNc1ccc(S(=O)(=O)Nc2ccncc2C)cc1. The Hall–Kier alpha value is -2.08. The van der Waals surface area contributed by atoms with Crippen LogP contribution in [-0.2, 0) is 10.0 Å². The highest BCUT2D eigenvalue weighted by molar-refractivity contribution is 7.92. The zero-order valence-electron chi connectivity index (χ0n) is 11.4. The molecule has 6 heteroatoms. The van der Waals surface area contributed by atoms with E-state index in [-0.39, 0.29) is 4.90 Å². The number of rotatable bonds is 5. The van der Waals surface area contributed by atoms with Crippen molar-refractivity contribution in [1.29, 1.82) is 0 Å². The summed E-state index contributed by atoms with van der Waals surface area (Å²) in [5.41, 5.74) is 2.21. The van der Waals surface area contributed by atoms with Crippen molar-refractivity contribution in [3.63, 3.8) is 0 Å². The minimum absolute atomic E-state index is 0.232. The Bertz CT molecular complexity index is 682. The molecule has 0 unspecified atom stereocenters. The van der Waals surface area contributed by atoms with Crippen molar-refractivity contribution in [1.82, 2.24) is 4.98 Å². The molecule has 2 aromatic rings. The van der Waals surface area contributed by atoms with Crippen molar-refractivity contribution in [2.24, 2.45) is 0 Å². The van der Waals surface area contributed by atoms with E-state index in [2.05, 4.69) is 15.0 Å². The molecule has 0 fully saturated rings. The highest BCUT2D eigenvalue weighted by Gasteiger charge is 2.14. The molecule has 0 spiro atoms. The van der Waals surface area contributed by atoms with Crippen LogP contribution in [0.5, 0.6) is 0 Å². The van der Waals surface area contributed by atoms with Crippen LogP contribution in [0.4, 0.5) is 11.4 Å². The summed E-state index contributed by atoms with van der Waals surface area (Å²) < 4.78 is 27.1. The highest BCUT2D eigenvalue weighted by Crippen LogP contribution is 2.19. The summed E-state index contributed by atoms with van der Waals surface area (Å²) in [5.74, 6) is 0. The van der Waals surface area contributed by atoms with Crippen LogP contribution in [0.25, 0.3) is 0 Å². The lowest BCUT2D eigenvalue weighted by Gasteiger charge is -2.10. The second kappa shape index (κ2) is 5.92. The normalized spacial score (nSPS) is 11.1. The van der Waals surface area contributed by atoms with Crippen LogP contribution in [-0.4, -0.2) is 19.9 Å². The molecule has 1 aromatic heterocycles. The van der Waals surface area contributed by atoms with Gasteiger partial charge in [0.05, 0.1) is 10.6 Å². The molecule has 0 aliphatic carbocycles. The fraction of sp³-hybridized carbons (Fsp3) is 0.214. The monoisotopic (exact) mass is 291 g/mol. The van der Waals surface area contributed by atoms with Gasteiger partial charge in [0.2, 0.25) is 0 Å². The lowest BCUT2D eigenvalue weighted by atomic mass is 10.3. The van der Waals surface area contributed by atoms with Gasteiger partial charge in [0, 0.05) is 24.6 Å². The fourth-order valence-electron chi connectivity index (χ4n) is 1.75. The number of benzene rings is 1. The van der Waals surface area contributed by atoms with Crippen LogP contribution in [0.15, 0.2) is 47.6 Å². The maximum atomic E-state index is 12.3. The molecule has 20 heavy (non-hydrogen) atoms. The number of nitrogens with zero attached hydrogens (tertiary/aromatic N) is 1.